The third-order valence-corrected chi connectivity index (χ3v) is 3.56. The molecule has 0 saturated heterocycles. The molecule has 0 aliphatic carbocycles. The van der Waals surface area contributed by atoms with E-state index in [0.717, 1.165) is 25.1 Å². The molecule has 3 heteroatoms. The first-order chi connectivity index (χ1) is 8.69. The lowest BCUT2D eigenvalue weighted by Gasteiger charge is -2.31. The molecule has 0 radical (unpaired) electrons. The number of nitrogens with one attached hydrogen (secondary N) is 1. The minimum atomic E-state index is -0.154. The van der Waals surface area contributed by atoms with Crippen LogP contribution in [0.15, 0.2) is 24.3 Å². The largest absolute Gasteiger partial charge is 0.494 e. The molecule has 18 heavy (non-hydrogen) atoms. The monoisotopic (exact) mass is 251 g/mol. The van der Waals surface area contributed by atoms with Crippen LogP contribution in [0.4, 0.5) is 0 Å². The highest BCUT2D eigenvalue weighted by Gasteiger charge is 2.23. The molecule has 0 aromatic heterocycles. The highest BCUT2D eigenvalue weighted by Crippen LogP contribution is 2.16. The molecule has 0 spiro atoms. The van der Waals surface area contributed by atoms with Gasteiger partial charge in [-0.25, -0.2) is 0 Å². The van der Waals surface area contributed by atoms with Crippen LogP contribution < -0.4 is 10.1 Å². The van der Waals surface area contributed by atoms with Crippen LogP contribution in [-0.2, 0) is 6.54 Å². The first-order valence-corrected chi connectivity index (χ1v) is 6.77. The lowest BCUT2D eigenvalue weighted by atomic mass is 9.93. The maximum atomic E-state index is 9.49. The van der Waals surface area contributed by atoms with Gasteiger partial charge in [-0.15, -0.1) is 0 Å². The Morgan fingerprint density at radius 3 is 2.17 bits per heavy atom. The highest BCUT2D eigenvalue weighted by molar-refractivity contribution is 5.27. The molecule has 1 rings (SSSR count). The van der Waals surface area contributed by atoms with Gasteiger partial charge < -0.3 is 15.2 Å². The van der Waals surface area contributed by atoms with E-state index in [0.29, 0.717) is 6.61 Å². The van der Waals surface area contributed by atoms with Crippen molar-refractivity contribution in [3.05, 3.63) is 29.8 Å². The Labute approximate surface area is 110 Å². The van der Waals surface area contributed by atoms with Crippen molar-refractivity contribution in [3.63, 3.8) is 0 Å². The molecule has 1 aromatic rings. The fourth-order valence-corrected chi connectivity index (χ4v) is 1.94. The van der Waals surface area contributed by atoms with E-state index in [9.17, 15) is 5.11 Å². The molecule has 0 fully saturated rings. The van der Waals surface area contributed by atoms with Crippen molar-refractivity contribution in [1.29, 1.82) is 0 Å². The zero-order chi connectivity index (χ0) is 13.4. The van der Waals surface area contributed by atoms with Crippen LogP contribution in [0.2, 0.25) is 0 Å². The van der Waals surface area contributed by atoms with E-state index >= 15 is 0 Å². The minimum absolute atomic E-state index is 0.154. The molecule has 0 aliphatic rings. The summed E-state index contributed by atoms with van der Waals surface area (Å²) in [7, 11) is 0. The van der Waals surface area contributed by atoms with Gasteiger partial charge in [-0.3, -0.25) is 0 Å². The van der Waals surface area contributed by atoms with Gasteiger partial charge in [-0.2, -0.15) is 0 Å². The molecule has 0 amide bonds. The Hall–Kier alpha value is -1.06. The third-order valence-electron chi connectivity index (χ3n) is 3.56. The molecule has 0 bridgehead atoms. The molecule has 0 unspecified atom stereocenters. The van der Waals surface area contributed by atoms with Gasteiger partial charge in [0, 0.05) is 12.1 Å². The standard InChI is InChI=1S/C15H25NO2/c1-4-15(5-2,12-17)16-11-13-7-9-14(10-8-13)18-6-3/h7-10,16-17H,4-6,11-12H2,1-3H3. The number of ether oxygens (including phenoxy) is 1. The molecule has 0 saturated carbocycles. The summed E-state index contributed by atoms with van der Waals surface area (Å²) in [4.78, 5) is 0. The number of aliphatic hydroxyl groups excluding tert-OH is 1. The van der Waals surface area contributed by atoms with Gasteiger partial charge in [0.15, 0.2) is 0 Å². The molecule has 102 valence electrons. The number of aliphatic hydroxyl groups is 1. The fourth-order valence-electron chi connectivity index (χ4n) is 1.94. The molecule has 2 N–H and O–H groups in total. The molecular weight excluding hydrogens is 226 g/mol. The van der Waals surface area contributed by atoms with Gasteiger partial charge in [0.25, 0.3) is 0 Å². The van der Waals surface area contributed by atoms with Crippen LogP contribution in [0, 0.1) is 0 Å². The van der Waals surface area contributed by atoms with Gasteiger partial charge in [0.05, 0.1) is 13.2 Å². The average molecular weight is 251 g/mol. The van der Waals surface area contributed by atoms with E-state index < -0.39 is 0 Å². The predicted molar refractivity (Wildman–Crippen MR) is 74.8 cm³/mol. The maximum absolute atomic E-state index is 9.49. The summed E-state index contributed by atoms with van der Waals surface area (Å²) < 4.78 is 5.41. The van der Waals surface area contributed by atoms with Crippen LogP contribution in [0.5, 0.6) is 5.75 Å². The minimum Gasteiger partial charge on any atom is -0.494 e. The first kappa shape index (κ1) is 15.0. The Bertz CT molecular complexity index is 323. The summed E-state index contributed by atoms with van der Waals surface area (Å²) in [5.74, 6) is 0.903. The van der Waals surface area contributed by atoms with Gasteiger partial charge in [-0.05, 0) is 37.5 Å². The second-order valence-corrected chi connectivity index (χ2v) is 4.58. The first-order valence-electron chi connectivity index (χ1n) is 6.77. The van der Waals surface area contributed by atoms with Crippen molar-refractivity contribution in [1.82, 2.24) is 5.32 Å². The molecule has 0 atom stereocenters. The van der Waals surface area contributed by atoms with Crippen LogP contribution in [0.3, 0.4) is 0 Å². The zero-order valence-corrected chi connectivity index (χ0v) is 11.7. The van der Waals surface area contributed by atoms with Gasteiger partial charge in [0.2, 0.25) is 0 Å². The second kappa shape index (κ2) is 7.39. The highest BCUT2D eigenvalue weighted by atomic mass is 16.5. The third kappa shape index (κ3) is 4.00. The molecular formula is C15H25NO2. The number of hydrogen-bond donors (Lipinski definition) is 2. The number of benzene rings is 1. The van der Waals surface area contributed by atoms with Crippen LogP contribution in [0.1, 0.15) is 39.2 Å². The quantitative estimate of drug-likeness (QED) is 0.746. The summed E-state index contributed by atoms with van der Waals surface area (Å²) in [5.41, 5.74) is 1.05. The SMILES string of the molecule is CCOc1ccc(CNC(CC)(CC)CO)cc1. The van der Waals surface area contributed by atoms with Crippen LogP contribution >= 0.6 is 0 Å². The van der Waals surface area contributed by atoms with Crippen molar-refractivity contribution >= 4 is 0 Å². The molecule has 3 nitrogen and oxygen atoms in total. The van der Waals surface area contributed by atoms with Gasteiger partial charge in [-0.1, -0.05) is 26.0 Å². The summed E-state index contributed by atoms with van der Waals surface area (Å²) in [5, 5.41) is 12.9. The molecule has 0 heterocycles. The number of hydrogen-bond acceptors (Lipinski definition) is 3. The summed E-state index contributed by atoms with van der Waals surface area (Å²) in [6.45, 7) is 7.83. The van der Waals surface area contributed by atoms with E-state index in [1.54, 1.807) is 0 Å². The lowest BCUT2D eigenvalue weighted by Crippen LogP contribution is -2.47. The number of rotatable bonds is 8. The Kier molecular flexibility index (Phi) is 6.16. The Morgan fingerprint density at radius 2 is 1.72 bits per heavy atom. The smallest absolute Gasteiger partial charge is 0.119 e. The molecule has 1 aromatic carbocycles. The Morgan fingerprint density at radius 1 is 1.11 bits per heavy atom. The fraction of sp³-hybridized carbons (Fsp3) is 0.600. The summed E-state index contributed by atoms with van der Waals surface area (Å²) in [6, 6.07) is 8.09. The van der Waals surface area contributed by atoms with Crippen molar-refractivity contribution < 1.29 is 9.84 Å². The summed E-state index contributed by atoms with van der Waals surface area (Å²) >= 11 is 0. The van der Waals surface area contributed by atoms with Crippen molar-refractivity contribution in [3.8, 4) is 5.75 Å². The van der Waals surface area contributed by atoms with Crippen molar-refractivity contribution in [2.45, 2.75) is 45.7 Å². The zero-order valence-electron chi connectivity index (χ0n) is 11.7. The van der Waals surface area contributed by atoms with E-state index in [2.05, 4.69) is 31.3 Å². The predicted octanol–water partition coefficient (Wildman–Crippen LogP) is 2.73. The van der Waals surface area contributed by atoms with Crippen molar-refractivity contribution in [2.24, 2.45) is 0 Å². The topological polar surface area (TPSA) is 41.5 Å². The van der Waals surface area contributed by atoms with E-state index in [4.69, 9.17) is 4.74 Å². The van der Waals surface area contributed by atoms with Crippen LogP contribution in [-0.4, -0.2) is 23.9 Å². The van der Waals surface area contributed by atoms with E-state index in [1.807, 2.05) is 19.1 Å². The van der Waals surface area contributed by atoms with Gasteiger partial charge in [0.1, 0.15) is 5.75 Å². The van der Waals surface area contributed by atoms with E-state index in [-0.39, 0.29) is 12.1 Å². The maximum Gasteiger partial charge on any atom is 0.119 e. The second-order valence-electron chi connectivity index (χ2n) is 4.58. The molecule has 0 aliphatic heterocycles. The van der Waals surface area contributed by atoms with E-state index in [1.165, 1.54) is 5.56 Å². The normalized spacial score (nSPS) is 11.6. The van der Waals surface area contributed by atoms with Crippen LogP contribution in [0.25, 0.3) is 0 Å². The lowest BCUT2D eigenvalue weighted by molar-refractivity contribution is 0.149. The average Bonchev–Trinajstić information content (AvgIpc) is 2.43. The summed E-state index contributed by atoms with van der Waals surface area (Å²) in [6.07, 6.45) is 1.86. The van der Waals surface area contributed by atoms with Crippen molar-refractivity contribution in [2.75, 3.05) is 13.2 Å². The Balaban J connectivity index is 2.57. The van der Waals surface area contributed by atoms with Gasteiger partial charge >= 0.3 is 0 Å².